The fraction of sp³-hybridized carbons (Fsp3) is 0.647. The van der Waals surface area contributed by atoms with Crippen molar-refractivity contribution in [3.63, 3.8) is 0 Å². The van der Waals surface area contributed by atoms with E-state index in [1.807, 2.05) is 24.3 Å². The van der Waals surface area contributed by atoms with Gasteiger partial charge in [-0.1, -0.05) is 22.4 Å². The van der Waals surface area contributed by atoms with Gasteiger partial charge in [0.05, 0.1) is 6.61 Å². The Morgan fingerprint density at radius 2 is 1.85 bits per heavy atom. The van der Waals surface area contributed by atoms with Crippen molar-refractivity contribution >= 4 is 15.9 Å². The van der Waals surface area contributed by atoms with E-state index in [0.29, 0.717) is 5.41 Å². The minimum Gasteiger partial charge on any atom is -0.494 e. The highest BCUT2D eigenvalue weighted by Gasteiger charge is 2.37. The third-order valence-electron chi connectivity index (χ3n) is 4.12. The van der Waals surface area contributed by atoms with E-state index in [-0.39, 0.29) is 5.54 Å². The van der Waals surface area contributed by atoms with Crippen molar-refractivity contribution in [3.8, 4) is 5.75 Å². The van der Waals surface area contributed by atoms with Crippen molar-refractivity contribution in [1.29, 1.82) is 0 Å². The van der Waals surface area contributed by atoms with Crippen LogP contribution >= 0.6 is 15.9 Å². The molecule has 112 valence electrons. The Labute approximate surface area is 131 Å². The Hall–Kier alpha value is -0.540. The molecule has 0 amide bonds. The summed E-state index contributed by atoms with van der Waals surface area (Å²) in [6, 6.07) is 8.08. The van der Waals surface area contributed by atoms with Crippen molar-refractivity contribution in [2.45, 2.75) is 52.0 Å². The highest BCUT2D eigenvalue weighted by molar-refractivity contribution is 9.10. The van der Waals surface area contributed by atoms with Crippen LogP contribution in [0, 0.1) is 5.41 Å². The number of hydrogen-bond donors (Lipinski definition) is 1. The van der Waals surface area contributed by atoms with Gasteiger partial charge in [-0.3, -0.25) is 0 Å². The molecule has 0 atom stereocenters. The highest BCUT2D eigenvalue weighted by Crippen LogP contribution is 2.43. The highest BCUT2D eigenvalue weighted by atomic mass is 79.9. The zero-order valence-corrected chi connectivity index (χ0v) is 14.4. The molecule has 3 heteroatoms. The van der Waals surface area contributed by atoms with E-state index in [0.717, 1.165) is 29.8 Å². The Morgan fingerprint density at radius 3 is 2.35 bits per heavy atom. The van der Waals surface area contributed by atoms with Crippen molar-refractivity contribution in [2.75, 3.05) is 13.2 Å². The lowest BCUT2D eigenvalue weighted by Crippen LogP contribution is -2.47. The predicted molar refractivity (Wildman–Crippen MR) is 88.3 cm³/mol. The molecule has 0 unspecified atom stereocenters. The molecular formula is C17H26BrNO. The molecule has 0 bridgehead atoms. The van der Waals surface area contributed by atoms with E-state index in [2.05, 4.69) is 42.0 Å². The molecule has 0 spiro atoms. The zero-order valence-electron chi connectivity index (χ0n) is 12.8. The quantitative estimate of drug-likeness (QED) is 0.805. The van der Waals surface area contributed by atoms with Gasteiger partial charge in [-0.15, -0.1) is 0 Å². The average molecular weight is 340 g/mol. The van der Waals surface area contributed by atoms with E-state index >= 15 is 0 Å². The normalized spacial score (nSPS) is 17.6. The third kappa shape index (κ3) is 4.78. The molecule has 1 fully saturated rings. The standard InChI is InChI=1S/C17H26BrNO/c1-16(2,3)19-13-17(9-4-10-17)11-12-20-15-7-5-14(18)6-8-15/h5-8,19H,4,9-13H2,1-3H3. The summed E-state index contributed by atoms with van der Waals surface area (Å²) in [5, 5.41) is 3.66. The van der Waals surface area contributed by atoms with Gasteiger partial charge in [-0.05, 0) is 69.7 Å². The maximum atomic E-state index is 5.88. The predicted octanol–water partition coefficient (Wildman–Crippen LogP) is 4.78. The van der Waals surface area contributed by atoms with Crippen molar-refractivity contribution < 1.29 is 4.74 Å². The Bertz CT molecular complexity index is 418. The number of rotatable bonds is 6. The third-order valence-corrected chi connectivity index (χ3v) is 4.65. The summed E-state index contributed by atoms with van der Waals surface area (Å²) in [4.78, 5) is 0. The Balaban J connectivity index is 1.77. The van der Waals surface area contributed by atoms with Crippen LogP contribution in [0.1, 0.15) is 46.5 Å². The summed E-state index contributed by atoms with van der Waals surface area (Å²) in [5.74, 6) is 0.964. The summed E-state index contributed by atoms with van der Waals surface area (Å²) in [6.45, 7) is 8.63. The molecule has 0 aliphatic heterocycles. The summed E-state index contributed by atoms with van der Waals surface area (Å²) in [5.41, 5.74) is 0.664. The number of halogens is 1. The van der Waals surface area contributed by atoms with Gasteiger partial charge in [0.1, 0.15) is 5.75 Å². The smallest absolute Gasteiger partial charge is 0.119 e. The molecule has 1 aliphatic rings. The molecule has 2 rings (SSSR count). The molecule has 1 aliphatic carbocycles. The molecule has 0 heterocycles. The fourth-order valence-corrected chi connectivity index (χ4v) is 2.83. The van der Waals surface area contributed by atoms with E-state index in [1.165, 1.54) is 19.3 Å². The Kier molecular flexibility index (Phi) is 5.14. The molecule has 0 saturated heterocycles. The molecular weight excluding hydrogens is 314 g/mol. The van der Waals surface area contributed by atoms with Gasteiger partial charge in [0.2, 0.25) is 0 Å². The molecule has 20 heavy (non-hydrogen) atoms. The van der Waals surface area contributed by atoms with Gasteiger partial charge < -0.3 is 10.1 Å². The summed E-state index contributed by atoms with van der Waals surface area (Å²) < 4.78 is 6.97. The molecule has 1 aromatic rings. The minimum absolute atomic E-state index is 0.204. The second kappa shape index (κ2) is 6.48. The monoisotopic (exact) mass is 339 g/mol. The van der Waals surface area contributed by atoms with Crippen LogP contribution in [0.2, 0.25) is 0 Å². The second-order valence-corrected chi connectivity index (χ2v) is 7.93. The van der Waals surface area contributed by atoms with Crippen LogP contribution in [0.15, 0.2) is 28.7 Å². The van der Waals surface area contributed by atoms with Gasteiger partial charge in [0, 0.05) is 16.6 Å². The molecule has 1 saturated carbocycles. The lowest BCUT2D eigenvalue weighted by molar-refractivity contribution is 0.0837. The van der Waals surface area contributed by atoms with Crippen LogP contribution in [0.25, 0.3) is 0 Å². The molecule has 2 nitrogen and oxygen atoms in total. The van der Waals surface area contributed by atoms with Crippen molar-refractivity contribution in [1.82, 2.24) is 5.32 Å². The summed E-state index contributed by atoms with van der Waals surface area (Å²) in [7, 11) is 0. The number of ether oxygens (including phenoxy) is 1. The summed E-state index contributed by atoms with van der Waals surface area (Å²) >= 11 is 3.44. The first kappa shape index (κ1) is 15.8. The van der Waals surface area contributed by atoms with Gasteiger partial charge in [0.15, 0.2) is 0 Å². The molecule has 1 N–H and O–H groups in total. The van der Waals surface area contributed by atoms with Crippen molar-refractivity contribution in [2.24, 2.45) is 5.41 Å². The first-order valence-corrected chi connectivity index (χ1v) is 8.31. The van der Waals surface area contributed by atoms with E-state index in [4.69, 9.17) is 4.74 Å². The molecule has 0 radical (unpaired) electrons. The van der Waals surface area contributed by atoms with E-state index in [1.54, 1.807) is 0 Å². The van der Waals surface area contributed by atoms with Crippen LogP contribution in [-0.4, -0.2) is 18.7 Å². The number of benzene rings is 1. The van der Waals surface area contributed by atoms with Crippen LogP contribution in [0.4, 0.5) is 0 Å². The first-order valence-electron chi connectivity index (χ1n) is 7.52. The van der Waals surface area contributed by atoms with E-state index in [9.17, 15) is 0 Å². The number of nitrogens with one attached hydrogen (secondary N) is 1. The lowest BCUT2D eigenvalue weighted by Gasteiger charge is -2.44. The topological polar surface area (TPSA) is 21.3 Å². The van der Waals surface area contributed by atoms with Gasteiger partial charge in [0.25, 0.3) is 0 Å². The fourth-order valence-electron chi connectivity index (χ4n) is 2.56. The van der Waals surface area contributed by atoms with Crippen LogP contribution in [0.3, 0.4) is 0 Å². The molecule has 0 aromatic heterocycles. The zero-order chi connectivity index (χ0) is 14.6. The summed E-state index contributed by atoms with van der Waals surface area (Å²) in [6.07, 6.45) is 5.18. The second-order valence-electron chi connectivity index (χ2n) is 7.01. The van der Waals surface area contributed by atoms with Crippen LogP contribution in [0.5, 0.6) is 5.75 Å². The minimum atomic E-state index is 0.204. The Morgan fingerprint density at radius 1 is 1.20 bits per heavy atom. The van der Waals surface area contributed by atoms with Crippen LogP contribution in [-0.2, 0) is 0 Å². The van der Waals surface area contributed by atoms with Gasteiger partial charge >= 0.3 is 0 Å². The SMILES string of the molecule is CC(C)(C)NCC1(CCOc2ccc(Br)cc2)CCC1. The maximum Gasteiger partial charge on any atom is 0.119 e. The van der Waals surface area contributed by atoms with Gasteiger partial charge in [-0.2, -0.15) is 0 Å². The first-order chi connectivity index (χ1) is 9.39. The van der Waals surface area contributed by atoms with Crippen LogP contribution < -0.4 is 10.1 Å². The largest absolute Gasteiger partial charge is 0.494 e. The van der Waals surface area contributed by atoms with Gasteiger partial charge in [-0.25, -0.2) is 0 Å². The van der Waals surface area contributed by atoms with E-state index < -0.39 is 0 Å². The maximum absolute atomic E-state index is 5.88. The average Bonchev–Trinajstić information content (AvgIpc) is 2.32. The molecule has 1 aromatic carbocycles. The van der Waals surface area contributed by atoms with Crippen molar-refractivity contribution in [3.05, 3.63) is 28.7 Å². The number of hydrogen-bond acceptors (Lipinski definition) is 2. The lowest BCUT2D eigenvalue weighted by atomic mass is 9.66.